The lowest BCUT2D eigenvalue weighted by Crippen LogP contribution is -2.30. The largest absolute Gasteiger partial charge is 0.478 e. The monoisotopic (exact) mass is 323 g/mol. The number of carboxylic acids is 1. The molecule has 0 radical (unpaired) electrons. The fourth-order valence-corrected chi connectivity index (χ4v) is 2.66. The van der Waals surface area contributed by atoms with Crippen LogP contribution in [0.1, 0.15) is 25.3 Å². The molecule has 1 saturated carbocycles. The van der Waals surface area contributed by atoms with Crippen LogP contribution in [0.2, 0.25) is 0 Å². The van der Waals surface area contributed by atoms with Crippen molar-refractivity contribution >= 4 is 33.7 Å². The number of hydrogen-bond acceptors (Lipinski definition) is 2. The summed E-state index contributed by atoms with van der Waals surface area (Å²) >= 11 is 3.50. The van der Waals surface area contributed by atoms with Crippen molar-refractivity contribution in [3.8, 4) is 0 Å². The molecule has 102 valence electrons. The van der Waals surface area contributed by atoms with Gasteiger partial charge in [-0.3, -0.25) is 0 Å². The second-order valence-corrected chi connectivity index (χ2v) is 5.92. The van der Waals surface area contributed by atoms with Crippen LogP contribution < -0.4 is 4.90 Å². The minimum atomic E-state index is -0.935. The molecule has 1 aliphatic rings. The predicted octanol–water partition coefficient (Wildman–Crippen LogP) is 3.78. The highest BCUT2D eigenvalue weighted by atomic mass is 79.9. The molecule has 2 rings (SSSR count). The quantitative estimate of drug-likeness (QED) is 0.838. The zero-order chi connectivity index (χ0) is 14.0. The molecule has 19 heavy (non-hydrogen) atoms. The first-order valence-corrected chi connectivity index (χ1v) is 7.21. The summed E-state index contributed by atoms with van der Waals surface area (Å²) in [5, 5.41) is 8.64. The normalized spacial score (nSPS) is 16.6. The van der Waals surface area contributed by atoms with Crippen LogP contribution in [0.25, 0.3) is 6.08 Å². The van der Waals surface area contributed by atoms with E-state index in [4.69, 9.17) is 5.11 Å². The van der Waals surface area contributed by atoms with E-state index in [1.807, 2.05) is 18.2 Å². The molecular weight excluding hydrogens is 306 g/mol. The SMILES string of the molecule is CC(C1CC1)N(C)c1ccc(/C=C/C(=O)O)c(Br)c1. The van der Waals surface area contributed by atoms with Crippen LogP contribution >= 0.6 is 15.9 Å². The zero-order valence-corrected chi connectivity index (χ0v) is 12.7. The fourth-order valence-electron chi connectivity index (χ4n) is 2.16. The average Bonchev–Trinajstić information content (AvgIpc) is 3.19. The van der Waals surface area contributed by atoms with E-state index >= 15 is 0 Å². The lowest BCUT2D eigenvalue weighted by Gasteiger charge is -2.27. The third kappa shape index (κ3) is 3.60. The topological polar surface area (TPSA) is 40.5 Å². The Hall–Kier alpha value is -1.29. The van der Waals surface area contributed by atoms with Gasteiger partial charge >= 0.3 is 5.97 Å². The lowest BCUT2D eigenvalue weighted by molar-refractivity contribution is -0.131. The average molecular weight is 324 g/mol. The molecule has 3 nitrogen and oxygen atoms in total. The van der Waals surface area contributed by atoms with Gasteiger partial charge in [0, 0.05) is 29.3 Å². The van der Waals surface area contributed by atoms with Crippen LogP contribution in [0.15, 0.2) is 28.7 Å². The van der Waals surface area contributed by atoms with E-state index in [0.717, 1.165) is 27.7 Å². The van der Waals surface area contributed by atoms with Gasteiger partial charge in [0.05, 0.1) is 0 Å². The van der Waals surface area contributed by atoms with Gasteiger partial charge in [0.25, 0.3) is 0 Å². The Labute approximate surface area is 122 Å². The van der Waals surface area contributed by atoms with Gasteiger partial charge in [-0.15, -0.1) is 0 Å². The Kier molecular flexibility index (Phi) is 4.30. The molecule has 0 aromatic heterocycles. The highest BCUT2D eigenvalue weighted by molar-refractivity contribution is 9.10. The van der Waals surface area contributed by atoms with Crippen molar-refractivity contribution < 1.29 is 9.90 Å². The summed E-state index contributed by atoms with van der Waals surface area (Å²) in [6.07, 6.45) is 5.40. The summed E-state index contributed by atoms with van der Waals surface area (Å²) in [5.74, 6) is -0.120. The van der Waals surface area contributed by atoms with Gasteiger partial charge in [0.15, 0.2) is 0 Å². The number of hydrogen-bond donors (Lipinski definition) is 1. The maximum Gasteiger partial charge on any atom is 0.328 e. The molecule has 0 spiro atoms. The van der Waals surface area contributed by atoms with E-state index in [-0.39, 0.29) is 0 Å². The Balaban J connectivity index is 2.15. The van der Waals surface area contributed by atoms with Crippen molar-refractivity contribution in [2.24, 2.45) is 5.92 Å². The number of carbonyl (C=O) groups is 1. The highest BCUT2D eigenvalue weighted by Gasteiger charge is 2.30. The summed E-state index contributed by atoms with van der Waals surface area (Å²) in [5.41, 5.74) is 2.03. The van der Waals surface area contributed by atoms with Gasteiger partial charge in [-0.25, -0.2) is 4.79 Å². The third-order valence-corrected chi connectivity index (χ3v) is 4.40. The van der Waals surface area contributed by atoms with Gasteiger partial charge in [-0.1, -0.05) is 22.0 Å². The van der Waals surface area contributed by atoms with E-state index in [0.29, 0.717) is 6.04 Å². The Morgan fingerprint density at radius 2 is 2.21 bits per heavy atom. The standard InChI is InChI=1S/C15H18BrNO2/c1-10(11-3-4-11)17(2)13-7-5-12(14(16)9-13)6-8-15(18)19/h5-11H,3-4H2,1-2H3,(H,18,19)/b8-6+. The zero-order valence-electron chi connectivity index (χ0n) is 11.1. The van der Waals surface area contributed by atoms with Gasteiger partial charge in [-0.05, 0) is 49.5 Å². The molecule has 1 unspecified atom stereocenters. The summed E-state index contributed by atoms with van der Waals surface area (Å²) < 4.78 is 0.914. The molecule has 1 atom stereocenters. The number of rotatable bonds is 5. The molecular formula is C15H18BrNO2. The van der Waals surface area contributed by atoms with E-state index in [1.165, 1.54) is 12.8 Å². The van der Waals surface area contributed by atoms with Crippen LogP contribution in [0.4, 0.5) is 5.69 Å². The predicted molar refractivity (Wildman–Crippen MR) is 81.4 cm³/mol. The molecule has 0 saturated heterocycles. The van der Waals surface area contributed by atoms with Crippen molar-refractivity contribution in [2.45, 2.75) is 25.8 Å². The molecule has 0 bridgehead atoms. The Bertz CT molecular complexity index is 509. The molecule has 0 aliphatic heterocycles. The van der Waals surface area contributed by atoms with E-state index in [2.05, 4.69) is 34.8 Å². The smallest absolute Gasteiger partial charge is 0.328 e. The summed E-state index contributed by atoms with van der Waals surface area (Å²) in [6, 6.07) is 6.56. The lowest BCUT2D eigenvalue weighted by atomic mass is 10.1. The minimum absolute atomic E-state index is 0.548. The first kappa shape index (κ1) is 14.1. The number of benzene rings is 1. The summed E-state index contributed by atoms with van der Waals surface area (Å²) in [6.45, 7) is 2.25. The van der Waals surface area contributed by atoms with Gasteiger partial charge in [0.2, 0.25) is 0 Å². The Morgan fingerprint density at radius 1 is 1.53 bits per heavy atom. The van der Waals surface area contributed by atoms with Gasteiger partial charge in [0.1, 0.15) is 0 Å². The molecule has 4 heteroatoms. The third-order valence-electron chi connectivity index (χ3n) is 3.71. The molecule has 1 aliphatic carbocycles. The van der Waals surface area contributed by atoms with Crippen LogP contribution in [0.3, 0.4) is 0 Å². The van der Waals surface area contributed by atoms with Crippen molar-refractivity contribution in [1.29, 1.82) is 0 Å². The molecule has 1 aromatic rings. The van der Waals surface area contributed by atoms with E-state index in [9.17, 15) is 4.79 Å². The molecule has 0 heterocycles. The van der Waals surface area contributed by atoms with Crippen LogP contribution in [-0.4, -0.2) is 24.2 Å². The Morgan fingerprint density at radius 3 is 2.74 bits per heavy atom. The maximum absolute atomic E-state index is 10.5. The first-order chi connectivity index (χ1) is 8.99. The molecule has 0 amide bonds. The van der Waals surface area contributed by atoms with Crippen molar-refractivity contribution in [1.82, 2.24) is 0 Å². The van der Waals surface area contributed by atoms with Crippen molar-refractivity contribution in [2.75, 3.05) is 11.9 Å². The molecule has 1 fully saturated rings. The van der Waals surface area contributed by atoms with E-state index in [1.54, 1.807) is 6.08 Å². The van der Waals surface area contributed by atoms with Crippen LogP contribution in [0.5, 0.6) is 0 Å². The minimum Gasteiger partial charge on any atom is -0.478 e. The summed E-state index contributed by atoms with van der Waals surface area (Å²) in [4.78, 5) is 12.8. The number of halogens is 1. The van der Waals surface area contributed by atoms with Crippen molar-refractivity contribution in [3.63, 3.8) is 0 Å². The maximum atomic E-state index is 10.5. The second kappa shape index (κ2) is 5.78. The van der Waals surface area contributed by atoms with Crippen LogP contribution in [-0.2, 0) is 4.79 Å². The number of carboxylic acid groups (broad SMARTS) is 1. The number of anilines is 1. The number of aliphatic carboxylic acids is 1. The van der Waals surface area contributed by atoms with Gasteiger partial charge < -0.3 is 10.0 Å². The second-order valence-electron chi connectivity index (χ2n) is 5.07. The number of nitrogens with zero attached hydrogens (tertiary/aromatic N) is 1. The molecule has 1 aromatic carbocycles. The molecule has 1 N–H and O–H groups in total. The van der Waals surface area contributed by atoms with Gasteiger partial charge in [-0.2, -0.15) is 0 Å². The van der Waals surface area contributed by atoms with E-state index < -0.39 is 5.97 Å². The van der Waals surface area contributed by atoms with Crippen molar-refractivity contribution in [3.05, 3.63) is 34.3 Å². The summed E-state index contributed by atoms with van der Waals surface area (Å²) in [7, 11) is 2.11. The van der Waals surface area contributed by atoms with Crippen LogP contribution in [0, 0.1) is 5.92 Å². The fraction of sp³-hybridized carbons (Fsp3) is 0.400. The first-order valence-electron chi connectivity index (χ1n) is 6.42. The highest BCUT2D eigenvalue weighted by Crippen LogP contribution is 2.37.